The van der Waals surface area contributed by atoms with Gasteiger partial charge >= 0.3 is 0 Å². The molecule has 0 aromatic carbocycles. The van der Waals surface area contributed by atoms with Gasteiger partial charge in [-0.1, -0.05) is 13.8 Å². The third-order valence-electron chi connectivity index (χ3n) is 2.55. The minimum atomic E-state index is 0.333. The van der Waals surface area contributed by atoms with Gasteiger partial charge in [0.2, 0.25) is 0 Å². The summed E-state index contributed by atoms with van der Waals surface area (Å²) in [6, 6.07) is 2.45. The van der Waals surface area contributed by atoms with Gasteiger partial charge in [0.25, 0.3) is 0 Å². The van der Waals surface area contributed by atoms with Gasteiger partial charge in [-0.2, -0.15) is 5.10 Å². The molecule has 0 spiro atoms. The molecule has 15 heavy (non-hydrogen) atoms. The summed E-state index contributed by atoms with van der Waals surface area (Å²) in [5.74, 6) is 6.20. The fourth-order valence-electron chi connectivity index (χ4n) is 1.89. The molecule has 1 unspecified atom stereocenters. The van der Waals surface area contributed by atoms with Crippen LogP contribution in [-0.2, 0) is 13.5 Å². The summed E-state index contributed by atoms with van der Waals surface area (Å²) in [6.45, 7) is 6.43. The lowest BCUT2D eigenvalue weighted by molar-refractivity contribution is 0.415. The van der Waals surface area contributed by atoms with E-state index in [4.69, 9.17) is 5.84 Å². The molecule has 1 atom stereocenters. The zero-order chi connectivity index (χ0) is 11.4. The number of aromatic nitrogens is 2. The van der Waals surface area contributed by atoms with Crippen molar-refractivity contribution < 1.29 is 0 Å². The van der Waals surface area contributed by atoms with Gasteiger partial charge in [0.1, 0.15) is 0 Å². The Kier molecular flexibility index (Phi) is 4.29. The summed E-state index contributed by atoms with van der Waals surface area (Å²) in [4.78, 5) is 0. The number of hydrazine groups is 1. The van der Waals surface area contributed by atoms with E-state index in [0.29, 0.717) is 12.0 Å². The Morgan fingerprint density at radius 2 is 2.20 bits per heavy atom. The molecule has 0 aliphatic heterocycles. The minimum absolute atomic E-state index is 0.333. The highest BCUT2D eigenvalue weighted by Gasteiger charge is 2.12. The van der Waals surface area contributed by atoms with Gasteiger partial charge in [0.05, 0.1) is 5.69 Å². The molecule has 1 heterocycles. The normalized spacial score (nSPS) is 13.5. The Hall–Kier alpha value is -0.870. The summed E-state index contributed by atoms with van der Waals surface area (Å²) >= 11 is 0. The van der Waals surface area contributed by atoms with Crippen molar-refractivity contribution in [2.24, 2.45) is 18.8 Å². The van der Waals surface area contributed by atoms with Crippen molar-refractivity contribution >= 4 is 0 Å². The van der Waals surface area contributed by atoms with Crippen LogP contribution in [0.4, 0.5) is 0 Å². The molecule has 0 saturated carbocycles. The van der Waals surface area contributed by atoms with Crippen LogP contribution in [0, 0.1) is 12.8 Å². The molecule has 0 fully saturated rings. The molecule has 3 N–H and O–H groups in total. The van der Waals surface area contributed by atoms with E-state index in [1.165, 1.54) is 5.69 Å². The van der Waals surface area contributed by atoms with Gasteiger partial charge in [-0.3, -0.25) is 16.0 Å². The third kappa shape index (κ3) is 3.64. The average Bonchev–Trinajstić information content (AvgIpc) is 2.43. The summed E-state index contributed by atoms with van der Waals surface area (Å²) in [5, 5.41) is 4.33. The highest BCUT2D eigenvalue weighted by atomic mass is 15.3. The Morgan fingerprint density at radius 1 is 1.53 bits per heavy atom. The van der Waals surface area contributed by atoms with E-state index in [1.807, 2.05) is 18.7 Å². The number of hydrogen-bond acceptors (Lipinski definition) is 3. The van der Waals surface area contributed by atoms with Crippen LogP contribution >= 0.6 is 0 Å². The highest BCUT2D eigenvalue weighted by molar-refractivity contribution is 5.09. The maximum absolute atomic E-state index is 5.55. The Morgan fingerprint density at radius 3 is 2.60 bits per heavy atom. The number of nitrogens with zero attached hydrogens (tertiary/aromatic N) is 2. The van der Waals surface area contributed by atoms with Crippen molar-refractivity contribution in [2.75, 3.05) is 0 Å². The second kappa shape index (κ2) is 5.28. The zero-order valence-electron chi connectivity index (χ0n) is 10.1. The van der Waals surface area contributed by atoms with Crippen LogP contribution in [-0.4, -0.2) is 15.8 Å². The summed E-state index contributed by atoms with van der Waals surface area (Å²) in [7, 11) is 1.98. The van der Waals surface area contributed by atoms with E-state index < -0.39 is 0 Å². The smallest absolute Gasteiger partial charge is 0.0596 e. The Bertz CT molecular complexity index is 304. The van der Waals surface area contributed by atoms with Gasteiger partial charge in [-0.25, -0.2) is 0 Å². The predicted molar refractivity (Wildman–Crippen MR) is 62.2 cm³/mol. The molecule has 0 aliphatic rings. The van der Waals surface area contributed by atoms with Crippen LogP contribution in [0.2, 0.25) is 0 Å². The van der Waals surface area contributed by atoms with Gasteiger partial charge in [-0.05, 0) is 25.3 Å². The molecule has 0 saturated heterocycles. The number of aryl methyl sites for hydroxylation is 2. The first-order valence-corrected chi connectivity index (χ1v) is 5.48. The third-order valence-corrected chi connectivity index (χ3v) is 2.55. The highest BCUT2D eigenvalue weighted by Crippen LogP contribution is 2.11. The van der Waals surface area contributed by atoms with E-state index in [9.17, 15) is 0 Å². The molecular formula is C11H22N4. The van der Waals surface area contributed by atoms with Crippen molar-refractivity contribution in [3.8, 4) is 0 Å². The van der Waals surface area contributed by atoms with Crippen LogP contribution in [0.1, 0.15) is 31.7 Å². The molecule has 4 heteroatoms. The summed E-state index contributed by atoms with van der Waals surface area (Å²) in [6.07, 6.45) is 2.02. The average molecular weight is 210 g/mol. The second-order valence-electron chi connectivity index (χ2n) is 4.60. The predicted octanol–water partition coefficient (Wildman–Crippen LogP) is 1.15. The number of rotatable bonds is 5. The molecule has 4 nitrogen and oxygen atoms in total. The fourth-order valence-corrected chi connectivity index (χ4v) is 1.89. The lowest BCUT2D eigenvalue weighted by atomic mass is 10.0. The first kappa shape index (κ1) is 12.2. The largest absolute Gasteiger partial charge is 0.272 e. The first-order valence-electron chi connectivity index (χ1n) is 5.48. The maximum Gasteiger partial charge on any atom is 0.0596 e. The van der Waals surface area contributed by atoms with Crippen molar-refractivity contribution in [3.63, 3.8) is 0 Å². The molecule has 0 amide bonds. The standard InChI is InChI=1S/C11H22N4/c1-8(2)5-10(13-12)7-11-6-9(3)14-15(11)4/h6,8,10,13H,5,7,12H2,1-4H3. The van der Waals surface area contributed by atoms with Gasteiger partial charge in [-0.15, -0.1) is 0 Å². The van der Waals surface area contributed by atoms with Crippen molar-refractivity contribution in [3.05, 3.63) is 17.5 Å². The molecule has 86 valence electrons. The zero-order valence-corrected chi connectivity index (χ0v) is 10.1. The van der Waals surface area contributed by atoms with E-state index >= 15 is 0 Å². The maximum atomic E-state index is 5.55. The van der Waals surface area contributed by atoms with Crippen molar-refractivity contribution in [2.45, 2.75) is 39.7 Å². The topological polar surface area (TPSA) is 55.9 Å². The lowest BCUT2D eigenvalue weighted by Gasteiger charge is -2.17. The molecule has 0 aliphatic carbocycles. The van der Waals surface area contributed by atoms with Crippen LogP contribution in [0.3, 0.4) is 0 Å². The second-order valence-corrected chi connectivity index (χ2v) is 4.60. The van der Waals surface area contributed by atoms with Crippen molar-refractivity contribution in [1.82, 2.24) is 15.2 Å². The SMILES string of the molecule is Cc1cc(CC(CC(C)C)NN)n(C)n1. The number of nitrogens with one attached hydrogen (secondary N) is 1. The summed E-state index contributed by atoms with van der Waals surface area (Å²) < 4.78 is 1.93. The van der Waals surface area contributed by atoms with Gasteiger partial charge in [0, 0.05) is 25.2 Å². The van der Waals surface area contributed by atoms with Crippen LogP contribution in [0.15, 0.2) is 6.07 Å². The number of hydrogen-bond donors (Lipinski definition) is 2. The molecule has 1 rings (SSSR count). The molecule has 1 aromatic rings. The van der Waals surface area contributed by atoms with Crippen LogP contribution in [0.5, 0.6) is 0 Å². The van der Waals surface area contributed by atoms with Gasteiger partial charge in [0.15, 0.2) is 0 Å². The molecule has 0 bridgehead atoms. The first-order chi connectivity index (χ1) is 7.02. The Balaban J connectivity index is 2.62. The number of nitrogens with two attached hydrogens (primary N) is 1. The van der Waals surface area contributed by atoms with E-state index in [2.05, 4.69) is 30.4 Å². The molecule has 1 aromatic heterocycles. The van der Waals surface area contributed by atoms with Gasteiger partial charge < -0.3 is 0 Å². The van der Waals surface area contributed by atoms with E-state index in [0.717, 1.165) is 18.5 Å². The summed E-state index contributed by atoms with van der Waals surface area (Å²) in [5.41, 5.74) is 5.17. The molecule has 0 radical (unpaired) electrons. The lowest BCUT2D eigenvalue weighted by Crippen LogP contribution is -2.38. The van der Waals surface area contributed by atoms with E-state index in [-0.39, 0.29) is 0 Å². The Labute approximate surface area is 91.8 Å². The quantitative estimate of drug-likeness (QED) is 0.566. The van der Waals surface area contributed by atoms with Crippen LogP contribution < -0.4 is 11.3 Å². The minimum Gasteiger partial charge on any atom is -0.272 e. The molecular weight excluding hydrogens is 188 g/mol. The fraction of sp³-hybridized carbons (Fsp3) is 0.727. The monoisotopic (exact) mass is 210 g/mol. The van der Waals surface area contributed by atoms with Crippen molar-refractivity contribution in [1.29, 1.82) is 0 Å². The van der Waals surface area contributed by atoms with E-state index in [1.54, 1.807) is 0 Å². The van der Waals surface area contributed by atoms with Crippen LogP contribution in [0.25, 0.3) is 0 Å².